The smallest absolute Gasteiger partial charge is 0.387 e. The average Bonchev–Trinajstić information content (AvgIpc) is 2.45. The average molecular weight is 388 g/mol. The fourth-order valence-corrected chi connectivity index (χ4v) is 4.62. The molecule has 0 radical (unpaired) electrons. The lowest BCUT2D eigenvalue weighted by molar-refractivity contribution is -0.240. The molecule has 0 aliphatic carbocycles. The molecular weight excluding hydrogens is 373 g/mol. The lowest BCUT2D eigenvalue weighted by Gasteiger charge is -2.26. The molecule has 1 aliphatic rings. The molecule has 0 aromatic carbocycles. The maximum atomic E-state index is 11.4. The maximum absolute atomic E-state index is 11.4. The SMILES string of the molecule is CC1CC(O)C(O)(COP(=O)(O)OP(=O)(O)OP(=O)(O)O)O1. The molecule has 0 spiro atoms. The molecule has 1 heterocycles. The summed E-state index contributed by atoms with van der Waals surface area (Å²) in [5.74, 6) is -2.36. The summed E-state index contributed by atoms with van der Waals surface area (Å²) in [5, 5.41) is 19.3. The van der Waals surface area contributed by atoms with E-state index in [-0.39, 0.29) is 6.42 Å². The molecule has 0 amide bonds. The molecule has 22 heavy (non-hydrogen) atoms. The first-order valence-electron chi connectivity index (χ1n) is 5.51. The number of aliphatic hydroxyl groups is 2. The van der Waals surface area contributed by atoms with Crippen molar-refractivity contribution in [2.24, 2.45) is 0 Å². The molecule has 0 bridgehead atoms. The Morgan fingerprint density at radius 1 is 1.14 bits per heavy atom. The van der Waals surface area contributed by atoms with Gasteiger partial charge in [-0.05, 0) is 6.92 Å². The Labute approximate surface area is 123 Å². The Morgan fingerprint density at radius 3 is 2.09 bits per heavy atom. The molecule has 5 atom stereocenters. The van der Waals surface area contributed by atoms with Gasteiger partial charge in [0.2, 0.25) is 5.79 Å². The molecule has 16 heteroatoms. The summed E-state index contributed by atoms with van der Waals surface area (Å²) in [6, 6.07) is 0. The van der Waals surface area contributed by atoms with Gasteiger partial charge in [0.05, 0.1) is 6.10 Å². The van der Waals surface area contributed by atoms with Crippen molar-refractivity contribution in [1.82, 2.24) is 0 Å². The van der Waals surface area contributed by atoms with Gasteiger partial charge in [-0.1, -0.05) is 0 Å². The largest absolute Gasteiger partial charge is 0.490 e. The summed E-state index contributed by atoms with van der Waals surface area (Å²) in [5.41, 5.74) is 0. The Bertz CT molecular complexity index is 542. The first-order valence-corrected chi connectivity index (χ1v) is 10.0. The fraction of sp³-hybridized carbons (Fsp3) is 1.00. The molecule has 0 aromatic rings. The third-order valence-electron chi connectivity index (χ3n) is 2.33. The van der Waals surface area contributed by atoms with Crippen LogP contribution in [0.25, 0.3) is 0 Å². The minimum atomic E-state index is -5.63. The van der Waals surface area contributed by atoms with Crippen molar-refractivity contribution >= 4 is 23.5 Å². The number of rotatable bonds is 7. The van der Waals surface area contributed by atoms with Gasteiger partial charge in [0, 0.05) is 6.42 Å². The van der Waals surface area contributed by atoms with Crippen LogP contribution < -0.4 is 0 Å². The summed E-state index contributed by atoms with van der Waals surface area (Å²) < 4.78 is 48.8. The predicted molar refractivity (Wildman–Crippen MR) is 65.9 cm³/mol. The van der Waals surface area contributed by atoms with Gasteiger partial charge in [0.15, 0.2) is 0 Å². The van der Waals surface area contributed by atoms with E-state index < -0.39 is 48.1 Å². The number of ether oxygens (including phenoxy) is 1. The summed E-state index contributed by atoms with van der Waals surface area (Å²) in [4.78, 5) is 34.7. The highest BCUT2D eigenvalue weighted by Crippen LogP contribution is 2.66. The van der Waals surface area contributed by atoms with Gasteiger partial charge in [-0.3, -0.25) is 4.52 Å². The highest BCUT2D eigenvalue weighted by Gasteiger charge is 2.48. The van der Waals surface area contributed by atoms with Crippen LogP contribution >= 0.6 is 23.5 Å². The number of aliphatic hydroxyl groups excluding tert-OH is 1. The molecular formula is C6H15O13P3. The topological polar surface area (TPSA) is 210 Å². The van der Waals surface area contributed by atoms with Gasteiger partial charge in [-0.2, -0.15) is 8.62 Å². The van der Waals surface area contributed by atoms with Crippen molar-refractivity contribution < 1.29 is 61.4 Å². The molecule has 1 saturated heterocycles. The minimum Gasteiger partial charge on any atom is -0.387 e. The van der Waals surface area contributed by atoms with Gasteiger partial charge in [0.1, 0.15) is 12.7 Å². The summed E-state index contributed by atoms with van der Waals surface area (Å²) >= 11 is 0. The van der Waals surface area contributed by atoms with E-state index in [2.05, 4.69) is 13.1 Å². The van der Waals surface area contributed by atoms with Crippen LogP contribution in [0.5, 0.6) is 0 Å². The first kappa shape index (κ1) is 20.3. The Balaban J connectivity index is 2.67. The van der Waals surface area contributed by atoms with Gasteiger partial charge in [-0.15, -0.1) is 0 Å². The summed E-state index contributed by atoms with van der Waals surface area (Å²) in [6.07, 6.45) is -2.06. The zero-order valence-electron chi connectivity index (χ0n) is 11.0. The van der Waals surface area contributed by atoms with E-state index in [4.69, 9.17) is 19.4 Å². The second-order valence-electron chi connectivity index (χ2n) is 4.39. The summed E-state index contributed by atoms with van der Waals surface area (Å²) in [6.45, 7) is 0.369. The van der Waals surface area contributed by atoms with Crippen LogP contribution in [0.4, 0.5) is 0 Å². The molecule has 1 rings (SSSR count). The molecule has 6 N–H and O–H groups in total. The molecule has 0 aromatic heterocycles. The molecule has 1 fully saturated rings. The van der Waals surface area contributed by atoms with Crippen LogP contribution in [0.1, 0.15) is 13.3 Å². The quantitative estimate of drug-likeness (QED) is 0.295. The third-order valence-corrected chi connectivity index (χ3v) is 6.11. The van der Waals surface area contributed by atoms with E-state index >= 15 is 0 Å². The second-order valence-corrected chi connectivity index (χ2v) is 8.81. The van der Waals surface area contributed by atoms with E-state index in [1.165, 1.54) is 6.92 Å². The number of phosphoric acid groups is 3. The predicted octanol–water partition coefficient (Wildman–Crippen LogP) is -0.812. The monoisotopic (exact) mass is 388 g/mol. The van der Waals surface area contributed by atoms with Gasteiger partial charge >= 0.3 is 23.5 Å². The van der Waals surface area contributed by atoms with Crippen LogP contribution in [0, 0.1) is 0 Å². The van der Waals surface area contributed by atoms with Gasteiger partial charge < -0.3 is 34.5 Å². The van der Waals surface area contributed by atoms with Crippen LogP contribution in [-0.4, -0.2) is 54.4 Å². The van der Waals surface area contributed by atoms with Crippen molar-refractivity contribution in [3.8, 4) is 0 Å². The van der Waals surface area contributed by atoms with Crippen molar-refractivity contribution in [3.63, 3.8) is 0 Å². The highest BCUT2D eigenvalue weighted by atomic mass is 31.3. The number of phosphoric ester groups is 1. The van der Waals surface area contributed by atoms with E-state index in [0.29, 0.717) is 0 Å². The van der Waals surface area contributed by atoms with Crippen molar-refractivity contribution in [3.05, 3.63) is 0 Å². The molecule has 1 aliphatic heterocycles. The molecule has 5 unspecified atom stereocenters. The molecule has 0 saturated carbocycles. The van der Waals surface area contributed by atoms with Crippen LogP contribution in [0.2, 0.25) is 0 Å². The van der Waals surface area contributed by atoms with Crippen LogP contribution in [-0.2, 0) is 31.6 Å². The van der Waals surface area contributed by atoms with Gasteiger partial charge in [-0.25, -0.2) is 13.7 Å². The zero-order valence-corrected chi connectivity index (χ0v) is 13.6. The first-order chi connectivity index (χ1) is 9.64. The van der Waals surface area contributed by atoms with Crippen LogP contribution in [0.15, 0.2) is 0 Å². The van der Waals surface area contributed by atoms with Gasteiger partial charge in [0.25, 0.3) is 0 Å². The second kappa shape index (κ2) is 6.66. The summed E-state index contributed by atoms with van der Waals surface area (Å²) in [7, 11) is -16.5. The van der Waals surface area contributed by atoms with E-state index in [1.807, 2.05) is 0 Å². The lowest BCUT2D eigenvalue weighted by Crippen LogP contribution is -2.43. The van der Waals surface area contributed by atoms with E-state index in [0.717, 1.165) is 0 Å². The Kier molecular flexibility index (Phi) is 6.15. The third kappa shape index (κ3) is 6.42. The maximum Gasteiger partial charge on any atom is 0.490 e. The zero-order chi connectivity index (χ0) is 17.4. The minimum absolute atomic E-state index is 0.00371. The van der Waals surface area contributed by atoms with Crippen molar-refractivity contribution in [2.75, 3.05) is 6.61 Å². The van der Waals surface area contributed by atoms with E-state index in [1.54, 1.807) is 0 Å². The molecule has 13 nitrogen and oxygen atoms in total. The van der Waals surface area contributed by atoms with E-state index in [9.17, 15) is 28.8 Å². The Hall–Kier alpha value is 0.290. The normalized spacial score (nSPS) is 35.0. The van der Waals surface area contributed by atoms with Crippen molar-refractivity contribution in [1.29, 1.82) is 0 Å². The number of hydrogen-bond acceptors (Lipinski definition) is 9. The number of hydrogen-bond donors (Lipinski definition) is 6. The fourth-order valence-electron chi connectivity index (χ4n) is 1.58. The molecule has 132 valence electrons. The standard InChI is InChI=1S/C6H15O13P3/c1-4-2-5(7)6(8,17-4)3-16-21(12,13)19-22(14,15)18-20(9,10)11/h4-5,7-8H,2-3H2,1H3,(H,12,13)(H,14,15)(H2,9,10,11). The Morgan fingerprint density at radius 2 is 1.68 bits per heavy atom. The lowest BCUT2D eigenvalue weighted by atomic mass is 10.1. The van der Waals surface area contributed by atoms with Crippen LogP contribution in [0.3, 0.4) is 0 Å². The highest BCUT2D eigenvalue weighted by molar-refractivity contribution is 7.66. The van der Waals surface area contributed by atoms with Crippen molar-refractivity contribution in [2.45, 2.75) is 31.3 Å².